The van der Waals surface area contributed by atoms with E-state index in [-0.39, 0.29) is 0 Å². The van der Waals surface area contributed by atoms with E-state index in [2.05, 4.69) is 9.98 Å². The van der Waals surface area contributed by atoms with Crippen molar-refractivity contribution >= 4 is 23.3 Å². The zero-order chi connectivity index (χ0) is 15.8. The Balaban J connectivity index is 1.93. The molecule has 0 aliphatic rings. The van der Waals surface area contributed by atoms with Crippen LogP contribution >= 0.6 is 0 Å². The Bertz CT molecular complexity index is 644. The topological polar surface area (TPSA) is 43.2 Å². The monoisotopic (exact) mass is 296 g/mol. The van der Waals surface area contributed by atoms with Crippen LogP contribution in [0, 0.1) is 0 Å². The van der Waals surface area contributed by atoms with Gasteiger partial charge >= 0.3 is 0 Å². The average molecular weight is 296 g/mol. The van der Waals surface area contributed by atoms with Crippen LogP contribution < -0.4 is 9.47 Å². The highest BCUT2D eigenvalue weighted by Crippen LogP contribution is 2.19. The normalized spacial score (nSPS) is 11.7. The van der Waals surface area contributed by atoms with Crippen molar-refractivity contribution in [2.45, 2.75) is 13.3 Å². The molecule has 0 radical (unpaired) electrons. The smallest absolute Gasteiger partial charge is 0.119 e. The van der Waals surface area contributed by atoms with Crippen LogP contribution in [0.4, 0.5) is 11.4 Å². The minimum Gasteiger partial charge on any atom is -0.497 e. The van der Waals surface area contributed by atoms with Crippen LogP contribution in [-0.2, 0) is 0 Å². The summed E-state index contributed by atoms with van der Waals surface area (Å²) in [7, 11) is 3.30. The molecule has 2 rings (SSSR count). The molecule has 0 bridgehead atoms. The molecule has 0 aliphatic heterocycles. The van der Waals surface area contributed by atoms with Crippen LogP contribution in [0.5, 0.6) is 11.5 Å². The third kappa shape index (κ3) is 4.74. The summed E-state index contributed by atoms with van der Waals surface area (Å²) in [5.74, 6) is 1.66. The predicted octanol–water partition coefficient (Wildman–Crippen LogP) is 4.59. The van der Waals surface area contributed by atoms with E-state index in [4.69, 9.17) is 9.47 Å². The molecule has 0 N–H and O–H groups in total. The highest BCUT2D eigenvalue weighted by Gasteiger charge is 1.95. The Hall–Kier alpha value is -2.62. The van der Waals surface area contributed by atoms with Crippen LogP contribution in [0.15, 0.2) is 58.5 Å². The van der Waals surface area contributed by atoms with Gasteiger partial charge in [0.1, 0.15) is 11.5 Å². The first-order valence-electron chi connectivity index (χ1n) is 7.06. The van der Waals surface area contributed by atoms with Gasteiger partial charge in [-0.15, -0.1) is 0 Å². The van der Waals surface area contributed by atoms with E-state index in [1.165, 1.54) is 0 Å². The van der Waals surface area contributed by atoms with Crippen molar-refractivity contribution in [3.8, 4) is 11.5 Å². The highest BCUT2D eigenvalue weighted by atomic mass is 16.5. The van der Waals surface area contributed by atoms with Crippen molar-refractivity contribution in [2.75, 3.05) is 14.2 Å². The fraction of sp³-hybridized carbons (Fsp3) is 0.222. The zero-order valence-electron chi connectivity index (χ0n) is 13.1. The van der Waals surface area contributed by atoms with Gasteiger partial charge in [0.15, 0.2) is 0 Å². The van der Waals surface area contributed by atoms with Crippen molar-refractivity contribution in [3.05, 3.63) is 48.5 Å². The van der Waals surface area contributed by atoms with Gasteiger partial charge in [-0.25, -0.2) is 0 Å². The van der Waals surface area contributed by atoms with Crippen molar-refractivity contribution in [1.29, 1.82) is 0 Å². The summed E-state index contributed by atoms with van der Waals surface area (Å²) in [6.07, 6.45) is 2.57. The van der Waals surface area contributed by atoms with Crippen LogP contribution in [0.3, 0.4) is 0 Å². The van der Waals surface area contributed by atoms with Crippen molar-refractivity contribution in [1.82, 2.24) is 0 Å². The molecular formula is C18H20N2O2. The third-order valence-electron chi connectivity index (χ3n) is 3.09. The fourth-order valence-corrected chi connectivity index (χ4v) is 1.87. The summed E-state index contributed by atoms with van der Waals surface area (Å²) in [5, 5.41) is 0. The second-order valence-corrected chi connectivity index (χ2v) is 4.76. The van der Waals surface area contributed by atoms with E-state index in [0.717, 1.165) is 28.6 Å². The lowest BCUT2D eigenvalue weighted by atomic mass is 10.2. The number of ether oxygens (including phenoxy) is 2. The van der Waals surface area contributed by atoms with Gasteiger partial charge < -0.3 is 9.47 Å². The maximum Gasteiger partial charge on any atom is 0.119 e. The Morgan fingerprint density at radius 3 is 1.86 bits per heavy atom. The molecular weight excluding hydrogens is 276 g/mol. The summed E-state index contributed by atoms with van der Waals surface area (Å²) in [6, 6.07) is 15.3. The number of benzene rings is 2. The summed E-state index contributed by atoms with van der Waals surface area (Å²) < 4.78 is 10.2. The van der Waals surface area contributed by atoms with Gasteiger partial charge in [-0.1, -0.05) is 0 Å². The van der Waals surface area contributed by atoms with Gasteiger partial charge in [0.05, 0.1) is 25.6 Å². The molecule has 0 amide bonds. The Kier molecular flexibility index (Phi) is 5.72. The van der Waals surface area contributed by atoms with E-state index >= 15 is 0 Å². The Labute approximate surface area is 131 Å². The van der Waals surface area contributed by atoms with Gasteiger partial charge in [-0.3, -0.25) is 9.98 Å². The molecule has 0 fully saturated rings. The van der Waals surface area contributed by atoms with Gasteiger partial charge in [-0.2, -0.15) is 0 Å². The number of aliphatic imine (C=N–C) groups is 2. The molecule has 0 saturated carbocycles. The SMILES string of the molecule is COc1ccc(N=CCC(C)=Nc2ccc(OC)cc2)cc1. The second kappa shape index (κ2) is 7.98. The van der Waals surface area contributed by atoms with Gasteiger partial charge in [0.25, 0.3) is 0 Å². The van der Waals surface area contributed by atoms with Crippen LogP contribution in [0.25, 0.3) is 0 Å². The highest BCUT2D eigenvalue weighted by molar-refractivity contribution is 5.95. The maximum atomic E-state index is 5.13. The average Bonchev–Trinajstić information content (AvgIpc) is 2.56. The first kappa shape index (κ1) is 15.8. The van der Waals surface area contributed by atoms with Crippen LogP contribution in [-0.4, -0.2) is 26.1 Å². The molecule has 0 aliphatic carbocycles. The molecule has 4 nitrogen and oxygen atoms in total. The van der Waals surface area contributed by atoms with E-state index in [9.17, 15) is 0 Å². The fourth-order valence-electron chi connectivity index (χ4n) is 1.87. The summed E-state index contributed by atoms with van der Waals surface area (Å²) in [4.78, 5) is 8.95. The molecule has 114 valence electrons. The summed E-state index contributed by atoms with van der Waals surface area (Å²) in [5.41, 5.74) is 2.82. The van der Waals surface area contributed by atoms with E-state index in [1.54, 1.807) is 14.2 Å². The lowest BCUT2D eigenvalue weighted by molar-refractivity contribution is 0.415. The Morgan fingerprint density at radius 2 is 1.36 bits per heavy atom. The molecule has 4 heteroatoms. The molecule has 0 aromatic heterocycles. The van der Waals surface area contributed by atoms with Crippen LogP contribution in [0.1, 0.15) is 13.3 Å². The molecule has 0 saturated heterocycles. The number of hydrogen-bond donors (Lipinski definition) is 0. The predicted molar refractivity (Wildman–Crippen MR) is 91.5 cm³/mol. The Morgan fingerprint density at radius 1 is 0.864 bits per heavy atom. The van der Waals surface area contributed by atoms with E-state index in [1.807, 2.05) is 61.7 Å². The van der Waals surface area contributed by atoms with E-state index < -0.39 is 0 Å². The maximum absolute atomic E-state index is 5.13. The number of methoxy groups -OCH3 is 2. The lowest BCUT2D eigenvalue weighted by Gasteiger charge is -2.01. The first-order valence-corrected chi connectivity index (χ1v) is 7.06. The molecule has 0 heterocycles. The molecule has 2 aromatic rings. The molecule has 2 aromatic carbocycles. The quantitative estimate of drug-likeness (QED) is 0.732. The van der Waals surface area contributed by atoms with Crippen LogP contribution in [0.2, 0.25) is 0 Å². The largest absolute Gasteiger partial charge is 0.497 e. The minimum atomic E-state index is 0.706. The molecule has 0 atom stereocenters. The molecule has 0 unspecified atom stereocenters. The standard InChI is InChI=1S/C18H20N2O2/c1-14(20-16-6-10-18(22-3)11-7-16)12-13-19-15-4-8-17(21-2)9-5-15/h4-11,13H,12H2,1-3H3. The third-order valence-corrected chi connectivity index (χ3v) is 3.09. The van der Waals surface area contributed by atoms with Crippen molar-refractivity contribution < 1.29 is 9.47 Å². The molecule has 22 heavy (non-hydrogen) atoms. The minimum absolute atomic E-state index is 0.706. The number of nitrogens with zero attached hydrogens (tertiary/aromatic N) is 2. The first-order chi connectivity index (χ1) is 10.7. The van der Waals surface area contributed by atoms with E-state index in [0.29, 0.717) is 6.42 Å². The van der Waals surface area contributed by atoms with Gasteiger partial charge in [-0.05, 0) is 55.5 Å². The van der Waals surface area contributed by atoms with Crippen molar-refractivity contribution in [3.63, 3.8) is 0 Å². The number of hydrogen-bond acceptors (Lipinski definition) is 4. The summed E-state index contributed by atoms with van der Waals surface area (Å²) in [6.45, 7) is 1.99. The van der Waals surface area contributed by atoms with Gasteiger partial charge in [0.2, 0.25) is 0 Å². The van der Waals surface area contributed by atoms with Gasteiger partial charge in [0, 0.05) is 18.3 Å². The summed E-state index contributed by atoms with van der Waals surface area (Å²) >= 11 is 0. The van der Waals surface area contributed by atoms with Crippen molar-refractivity contribution in [2.24, 2.45) is 9.98 Å². The molecule has 0 spiro atoms. The number of rotatable bonds is 6. The zero-order valence-corrected chi connectivity index (χ0v) is 13.1. The second-order valence-electron chi connectivity index (χ2n) is 4.76. The lowest BCUT2D eigenvalue weighted by Crippen LogP contribution is -1.91.